The zero-order valence-electron chi connectivity index (χ0n) is 17.0. The van der Waals surface area contributed by atoms with E-state index in [0.717, 1.165) is 0 Å². The number of ether oxygens (including phenoxy) is 3. The molecule has 2 N–H and O–H groups in total. The van der Waals surface area contributed by atoms with Gasteiger partial charge in [0.05, 0.1) is 30.5 Å². The second kappa shape index (κ2) is 10.8. The lowest BCUT2D eigenvalue weighted by molar-refractivity contribution is -0.384. The number of nitro benzene ring substituents is 1. The highest BCUT2D eigenvalue weighted by Gasteiger charge is 2.23. The Labute approximate surface area is 182 Å². The second-order valence-corrected chi connectivity index (χ2v) is 6.67. The monoisotopic (exact) mass is 447 g/mol. The summed E-state index contributed by atoms with van der Waals surface area (Å²) in [5.41, 5.74) is -0.470. The van der Waals surface area contributed by atoms with Crippen molar-refractivity contribution in [2.75, 3.05) is 31.7 Å². The van der Waals surface area contributed by atoms with Crippen LogP contribution in [-0.2, 0) is 14.3 Å². The standard InChI is InChI=1S/C20H21N3O9/c24-18(12-32-19(25)5-1-6-21-20(26)15-4-2-7-29-15)22-13-10-16-17(11-14(13)23(27)28)31-9-3-8-30-16/h2,4,7,10-11H,1,3,5-6,8-9,12H2,(H,21,26)(H,22,24). The van der Waals surface area contributed by atoms with Gasteiger partial charge in [-0.1, -0.05) is 0 Å². The maximum absolute atomic E-state index is 12.1. The third kappa shape index (κ3) is 6.20. The number of nitro groups is 1. The topological polar surface area (TPSA) is 159 Å². The van der Waals surface area contributed by atoms with E-state index in [4.69, 9.17) is 18.6 Å². The van der Waals surface area contributed by atoms with E-state index in [9.17, 15) is 24.5 Å². The van der Waals surface area contributed by atoms with E-state index in [1.54, 1.807) is 6.07 Å². The minimum atomic E-state index is -0.748. The Bertz CT molecular complexity index is 988. The molecule has 3 rings (SSSR count). The largest absolute Gasteiger partial charge is 0.489 e. The Morgan fingerprint density at radius 2 is 1.91 bits per heavy atom. The molecule has 1 aromatic heterocycles. The van der Waals surface area contributed by atoms with Crippen molar-refractivity contribution in [3.05, 3.63) is 46.4 Å². The molecule has 0 fully saturated rings. The van der Waals surface area contributed by atoms with E-state index in [2.05, 4.69) is 10.6 Å². The molecule has 0 saturated heterocycles. The number of benzene rings is 1. The number of hydrogen-bond acceptors (Lipinski definition) is 9. The summed E-state index contributed by atoms with van der Waals surface area (Å²) in [6.07, 6.45) is 2.25. The molecule has 2 heterocycles. The number of nitrogens with zero attached hydrogens (tertiary/aromatic N) is 1. The summed E-state index contributed by atoms with van der Waals surface area (Å²) in [5.74, 6) is -1.15. The predicted molar refractivity (Wildman–Crippen MR) is 109 cm³/mol. The number of furan rings is 1. The summed E-state index contributed by atoms with van der Waals surface area (Å²) in [7, 11) is 0. The van der Waals surface area contributed by atoms with Crippen molar-refractivity contribution >= 4 is 29.2 Å². The molecule has 170 valence electrons. The summed E-state index contributed by atoms with van der Waals surface area (Å²) in [5, 5.41) is 16.3. The molecule has 12 heteroatoms. The molecule has 0 unspecified atom stereocenters. The molecule has 2 aromatic rings. The van der Waals surface area contributed by atoms with Crippen molar-refractivity contribution in [3.63, 3.8) is 0 Å². The van der Waals surface area contributed by atoms with Crippen LogP contribution in [0, 0.1) is 10.1 Å². The Morgan fingerprint density at radius 1 is 1.16 bits per heavy atom. The van der Waals surface area contributed by atoms with Gasteiger partial charge in [-0.2, -0.15) is 0 Å². The molecule has 0 radical (unpaired) electrons. The van der Waals surface area contributed by atoms with E-state index < -0.39 is 29.3 Å². The van der Waals surface area contributed by atoms with Crippen LogP contribution in [0.3, 0.4) is 0 Å². The second-order valence-electron chi connectivity index (χ2n) is 6.67. The molecule has 1 aliphatic heterocycles. The van der Waals surface area contributed by atoms with Crippen LogP contribution >= 0.6 is 0 Å². The van der Waals surface area contributed by atoms with Crippen LogP contribution in [-0.4, -0.2) is 49.1 Å². The smallest absolute Gasteiger partial charge is 0.306 e. The number of carbonyl (C=O) groups excluding carboxylic acids is 3. The average Bonchev–Trinajstić information content (AvgIpc) is 3.21. The first-order chi connectivity index (χ1) is 15.4. The first kappa shape index (κ1) is 22.6. The van der Waals surface area contributed by atoms with Crippen LogP contribution in [0.2, 0.25) is 0 Å². The van der Waals surface area contributed by atoms with Gasteiger partial charge in [-0.15, -0.1) is 0 Å². The maximum atomic E-state index is 12.1. The van der Waals surface area contributed by atoms with E-state index in [0.29, 0.717) is 26.1 Å². The van der Waals surface area contributed by atoms with Gasteiger partial charge in [-0.05, 0) is 18.6 Å². The molecule has 0 aliphatic carbocycles. The third-order valence-corrected chi connectivity index (χ3v) is 4.29. The van der Waals surface area contributed by atoms with Gasteiger partial charge in [0.15, 0.2) is 23.9 Å². The van der Waals surface area contributed by atoms with E-state index in [1.165, 1.54) is 24.5 Å². The summed E-state index contributed by atoms with van der Waals surface area (Å²) in [6.45, 7) is 0.323. The van der Waals surface area contributed by atoms with Gasteiger partial charge >= 0.3 is 5.97 Å². The lowest BCUT2D eigenvalue weighted by Crippen LogP contribution is -2.25. The van der Waals surface area contributed by atoms with Crippen LogP contribution in [0.5, 0.6) is 11.5 Å². The van der Waals surface area contributed by atoms with Crippen LogP contribution < -0.4 is 20.1 Å². The zero-order valence-corrected chi connectivity index (χ0v) is 17.0. The highest BCUT2D eigenvalue weighted by molar-refractivity contribution is 5.95. The van der Waals surface area contributed by atoms with Gasteiger partial charge in [0.1, 0.15) is 5.69 Å². The molecule has 1 aliphatic rings. The number of carbonyl (C=O) groups is 3. The van der Waals surface area contributed by atoms with Gasteiger partial charge in [-0.3, -0.25) is 24.5 Å². The predicted octanol–water partition coefficient (Wildman–Crippen LogP) is 2.04. The van der Waals surface area contributed by atoms with Gasteiger partial charge in [-0.25, -0.2) is 0 Å². The third-order valence-electron chi connectivity index (χ3n) is 4.29. The Kier molecular flexibility index (Phi) is 7.62. The molecule has 12 nitrogen and oxygen atoms in total. The summed E-state index contributed by atoms with van der Waals surface area (Å²) in [4.78, 5) is 46.3. The van der Waals surface area contributed by atoms with Crippen LogP contribution in [0.1, 0.15) is 29.8 Å². The molecule has 0 saturated carbocycles. The summed E-state index contributed by atoms with van der Waals surface area (Å²) in [6, 6.07) is 5.58. The van der Waals surface area contributed by atoms with Crippen molar-refractivity contribution in [1.29, 1.82) is 0 Å². The molecule has 0 bridgehead atoms. The summed E-state index contributed by atoms with van der Waals surface area (Å²) >= 11 is 0. The van der Waals surface area contributed by atoms with Crippen molar-refractivity contribution in [3.8, 4) is 11.5 Å². The Hall–Kier alpha value is -4.09. The van der Waals surface area contributed by atoms with Crippen LogP contribution in [0.15, 0.2) is 34.9 Å². The quantitative estimate of drug-likeness (QED) is 0.254. The fourth-order valence-corrected chi connectivity index (χ4v) is 2.78. The number of fused-ring (bicyclic) bond motifs is 1. The molecule has 32 heavy (non-hydrogen) atoms. The minimum absolute atomic E-state index is 0.0319. The Morgan fingerprint density at radius 3 is 2.59 bits per heavy atom. The highest BCUT2D eigenvalue weighted by atomic mass is 16.6. The molecule has 0 atom stereocenters. The van der Waals surface area contributed by atoms with Crippen LogP contribution in [0.25, 0.3) is 0 Å². The maximum Gasteiger partial charge on any atom is 0.306 e. The number of amides is 2. The van der Waals surface area contributed by atoms with Crippen molar-refractivity contribution in [2.45, 2.75) is 19.3 Å². The lowest BCUT2D eigenvalue weighted by Gasteiger charge is -2.11. The van der Waals surface area contributed by atoms with Crippen LogP contribution in [0.4, 0.5) is 11.4 Å². The minimum Gasteiger partial charge on any atom is -0.489 e. The lowest BCUT2D eigenvalue weighted by atomic mass is 10.2. The van der Waals surface area contributed by atoms with E-state index >= 15 is 0 Å². The van der Waals surface area contributed by atoms with Gasteiger partial charge in [0.2, 0.25) is 0 Å². The fourth-order valence-electron chi connectivity index (χ4n) is 2.78. The Balaban J connectivity index is 1.45. The average molecular weight is 447 g/mol. The number of esters is 1. The molecule has 2 amide bonds. The van der Waals surface area contributed by atoms with Gasteiger partial charge < -0.3 is 29.3 Å². The highest BCUT2D eigenvalue weighted by Crippen LogP contribution is 2.39. The van der Waals surface area contributed by atoms with Crippen molar-refractivity contribution in [1.82, 2.24) is 5.32 Å². The number of nitrogens with one attached hydrogen (secondary N) is 2. The van der Waals surface area contributed by atoms with Gasteiger partial charge in [0, 0.05) is 25.5 Å². The number of anilines is 1. The van der Waals surface area contributed by atoms with Gasteiger partial charge in [0.25, 0.3) is 17.5 Å². The SMILES string of the molecule is O=C(COC(=O)CCCNC(=O)c1ccco1)Nc1cc2c(cc1[N+](=O)[O-])OCCCO2. The normalized spacial score (nSPS) is 12.4. The number of hydrogen-bond donors (Lipinski definition) is 2. The van der Waals surface area contributed by atoms with E-state index in [-0.39, 0.29) is 41.6 Å². The molecular formula is C20H21N3O9. The zero-order chi connectivity index (χ0) is 22.9. The first-order valence-electron chi connectivity index (χ1n) is 9.79. The van der Waals surface area contributed by atoms with Crippen molar-refractivity contribution in [2.24, 2.45) is 0 Å². The first-order valence-corrected chi connectivity index (χ1v) is 9.79. The number of rotatable bonds is 9. The molecule has 1 aromatic carbocycles. The molecule has 0 spiro atoms. The fraction of sp³-hybridized carbons (Fsp3) is 0.350. The molecular weight excluding hydrogens is 426 g/mol. The van der Waals surface area contributed by atoms with E-state index in [1.807, 2.05) is 0 Å². The summed E-state index contributed by atoms with van der Waals surface area (Å²) < 4.78 is 20.7. The van der Waals surface area contributed by atoms with Crippen molar-refractivity contribution < 1.29 is 37.9 Å².